The van der Waals surface area contributed by atoms with Gasteiger partial charge < -0.3 is 19.5 Å². The summed E-state index contributed by atoms with van der Waals surface area (Å²) in [7, 11) is 2.15. The van der Waals surface area contributed by atoms with Gasteiger partial charge in [0.1, 0.15) is 18.2 Å². The van der Waals surface area contributed by atoms with E-state index < -0.39 is 18.0 Å². The van der Waals surface area contributed by atoms with E-state index in [9.17, 15) is 14.4 Å². The van der Waals surface area contributed by atoms with Crippen LogP contribution in [0.25, 0.3) is 11.0 Å². The molecule has 2 aromatic rings. The van der Waals surface area contributed by atoms with Crippen LogP contribution in [0.2, 0.25) is 0 Å². The van der Waals surface area contributed by atoms with Crippen LogP contribution in [0.1, 0.15) is 69.9 Å². The second-order valence-electron chi connectivity index (χ2n) is 10.4. The van der Waals surface area contributed by atoms with Crippen molar-refractivity contribution in [3.8, 4) is 0 Å². The van der Waals surface area contributed by atoms with Crippen LogP contribution in [0, 0.1) is 5.92 Å². The zero-order valence-electron chi connectivity index (χ0n) is 21.1. The van der Waals surface area contributed by atoms with E-state index in [0.717, 1.165) is 42.2 Å². The van der Waals surface area contributed by atoms with Gasteiger partial charge in [0.15, 0.2) is 5.76 Å². The minimum atomic E-state index is -0.734. The highest BCUT2D eigenvalue weighted by Crippen LogP contribution is 2.20. The van der Waals surface area contributed by atoms with Gasteiger partial charge in [-0.15, -0.1) is 0 Å². The molecule has 2 heterocycles. The molecule has 1 saturated heterocycles. The Hall–Kier alpha value is -2.67. The van der Waals surface area contributed by atoms with Gasteiger partial charge in [-0.1, -0.05) is 45.4 Å². The van der Waals surface area contributed by atoms with Gasteiger partial charge in [0, 0.05) is 5.39 Å². The molecule has 1 aliphatic heterocycles. The Labute approximate surface area is 202 Å². The molecule has 1 aromatic heterocycles. The molecule has 2 N–H and O–H groups in total. The third kappa shape index (κ3) is 6.92. The summed E-state index contributed by atoms with van der Waals surface area (Å²) in [6.07, 6.45) is 5.44. The second-order valence-corrected chi connectivity index (χ2v) is 10.4. The lowest BCUT2D eigenvalue weighted by Crippen LogP contribution is -2.54. The maximum Gasteiger partial charge on any atom is 0.287 e. The van der Waals surface area contributed by atoms with Crippen LogP contribution in [-0.4, -0.2) is 60.8 Å². The van der Waals surface area contributed by atoms with E-state index in [1.807, 2.05) is 32.0 Å². The van der Waals surface area contributed by atoms with E-state index in [1.54, 1.807) is 12.1 Å². The molecule has 2 unspecified atom stereocenters. The van der Waals surface area contributed by atoms with Crippen molar-refractivity contribution in [3.63, 3.8) is 0 Å². The number of ketones is 1. The van der Waals surface area contributed by atoms with Crippen LogP contribution in [0.4, 0.5) is 0 Å². The highest BCUT2D eigenvalue weighted by molar-refractivity contribution is 5.99. The number of fused-ring (bicyclic) bond motifs is 1. The Morgan fingerprint density at radius 3 is 2.68 bits per heavy atom. The van der Waals surface area contributed by atoms with E-state index in [-0.39, 0.29) is 23.4 Å². The molecule has 1 aliphatic rings. The molecule has 34 heavy (non-hydrogen) atoms. The van der Waals surface area contributed by atoms with Gasteiger partial charge in [0.05, 0.1) is 26.2 Å². The Bertz CT molecular complexity index is 966. The lowest BCUT2D eigenvalue weighted by Gasteiger charge is -2.32. The molecule has 0 spiro atoms. The van der Waals surface area contributed by atoms with Gasteiger partial charge in [0.25, 0.3) is 5.91 Å². The number of para-hydroxylation sites is 1. The topological polar surface area (TPSA) is 88.4 Å². The Kier molecular flexibility index (Phi) is 8.89. The first-order chi connectivity index (χ1) is 16.2. The van der Waals surface area contributed by atoms with Crippen LogP contribution < -0.4 is 10.6 Å². The highest BCUT2D eigenvalue weighted by atomic mass is 16.3. The van der Waals surface area contributed by atoms with Crippen LogP contribution in [0.3, 0.4) is 0 Å². The van der Waals surface area contributed by atoms with Crippen molar-refractivity contribution >= 4 is 28.6 Å². The number of hydrogen-bond donors (Lipinski definition) is 2. The van der Waals surface area contributed by atoms with Gasteiger partial charge >= 0.3 is 0 Å². The second kappa shape index (κ2) is 11.6. The van der Waals surface area contributed by atoms with E-state index in [4.69, 9.17) is 4.42 Å². The van der Waals surface area contributed by atoms with Crippen LogP contribution in [-0.2, 0) is 9.59 Å². The fraction of sp³-hybridized carbons (Fsp3) is 0.593. The Morgan fingerprint density at radius 1 is 1.21 bits per heavy atom. The number of hydrogen-bond acceptors (Lipinski definition) is 4. The summed E-state index contributed by atoms with van der Waals surface area (Å²) in [5, 5.41) is 6.63. The molecule has 3 atom stereocenters. The quantitative estimate of drug-likeness (QED) is 0.405. The van der Waals surface area contributed by atoms with Crippen molar-refractivity contribution in [1.29, 1.82) is 0 Å². The molecule has 2 amide bonds. The molecule has 1 fully saturated rings. The Balaban J connectivity index is 1.65. The van der Waals surface area contributed by atoms with Gasteiger partial charge in [-0.3, -0.25) is 14.4 Å². The van der Waals surface area contributed by atoms with Crippen molar-refractivity contribution in [2.45, 2.75) is 71.4 Å². The largest absolute Gasteiger partial charge is 0.451 e. The molecule has 0 saturated carbocycles. The summed E-state index contributed by atoms with van der Waals surface area (Å²) in [5.74, 6) is -0.289. The first-order valence-corrected chi connectivity index (χ1v) is 12.7. The lowest BCUT2D eigenvalue weighted by atomic mass is 10.0. The van der Waals surface area contributed by atoms with Crippen molar-refractivity contribution in [2.24, 2.45) is 5.92 Å². The minimum Gasteiger partial charge on any atom is -0.451 e. The van der Waals surface area contributed by atoms with Crippen LogP contribution in [0.15, 0.2) is 34.7 Å². The standard InChI is InChI=1S/C27H39N3O4/c1-5-6-9-14-30(4)15-10-12-21(23(31)18-30)28-26(32)22(16-19(2)3)29-27(33)25-17-20-11-7-8-13-24(20)34-25/h7-8,11,13,17,19,21-22H,5-6,9-10,12,14-16,18H2,1-4H3,(H-,28,29,32,33)/p+1/t21?,22-,30?/m0/s1. The number of furan rings is 1. The number of rotatable bonds is 10. The van der Waals surface area contributed by atoms with Crippen molar-refractivity contribution in [3.05, 3.63) is 36.1 Å². The number of carbonyl (C=O) groups is 3. The predicted octanol–water partition coefficient (Wildman–Crippen LogP) is 4.06. The third-order valence-electron chi connectivity index (χ3n) is 6.71. The molecule has 0 radical (unpaired) electrons. The highest BCUT2D eigenvalue weighted by Gasteiger charge is 2.35. The summed E-state index contributed by atoms with van der Waals surface area (Å²) in [4.78, 5) is 39.1. The average Bonchev–Trinajstić information content (AvgIpc) is 3.16. The normalized spacial score (nSPS) is 21.9. The molecule has 3 rings (SSSR count). The number of likely N-dealkylation sites (N-methyl/N-ethyl adjacent to an activating group) is 1. The number of unbranched alkanes of at least 4 members (excludes halogenated alkanes) is 2. The first-order valence-electron chi connectivity index (χ1n) is 12.7. The fourth-order valence-corrected chi connectivity index (χ4v) is 4.79. The van der Waals surface area contributed by atoms with Crippen molar-refractivity contribution in [1.82, 2.24) is 10.6 Å². The maximum atomic E-state index is 13.2. The number of benzene rings is 1. The summed E-state index contributed by atoms with van der Waals surface area (Å²) < 4.78 is 6.40. The summed E-state index contributed by atoms with van der Waals surface area (Å²) >= 11 is 0. The van der Waals surface area contributed by atoms with Gasteiger partial charge in [-0.05, 0) is 50.2 Å². The maximum absolute atomic E-state index is 13.2. The third-order valence-corrected chi connectivity index (χ3v) is 6.71. The van der Waals surface area contributed by atoms with Crippen molar-refractivity contribution in [2.75, 3.05) is 26.7 Å². The van der Waals surface area contributed by atoms with Gasteiger partial charge in [0.2, 0.25) is 11.7 Å². The minimum absolute atomic E-state index is 0.0803. The van der Waals surface area contributed by atoms with Gasteiger partial charge in [-0.25, -0.2) is 0 Å². The number of nitrogens with zero attached hydrogens (tertiary/aromatic N) is 1. The van der Waals surface area contributed by atoms with E-state index in [1.165, 1.54) is 6.42 Å². The molecule has 7 nitrogen and oxygen atoms in total. The van der Waals surface area contributed by atoms with Crippen LogP contribution in [0.5, 0.6) is 0 Å². The smallest absolute Gasteiger partial charge is 0.287 e. The molecule has 0 bridgehead atoms. The predicted molar refractivity (Wildman–Crippen MR) is 133 cm³/mol. The SMILES string of the molecule is CCCCC[N+]1(C)CCCC(NC(=O)[C@H](CC(C)C)NC(=O)c2cc3ccccc3o2)C(=O)C1. The molecule has 7 heteroatoms. The van der Waals surface area contributed by atoms with E-state index >= 15 is 0 Å². The zero-order valence-corrected chi connectivity index (χ0v) is 21.1. The number of likely N-dealkylation sites (tertiary alicyclic amines) is 1. The Morgan fingerprint density at radius 2 is 1.97 bits per heavy atom. The lowest BCUT2D eigenvalue weighted by molar-refractivity contribution is -0.901. The number of amides is 2. The average molecular weight is 471 g/mol. The molecular formula is C27H40N3O4+. The molecule has 186 valence electrons. The fourth-order valence-electron chi connectivity index (χ4n) is 4.79. The molecule has 1 aromatic carbocycles. The summed E-state index contributed by atoms with van der Waals surface area (Å²) in [5.41, 5.74) is 0.627. The number of nitrogens with one attached hydrogen (secondary N) is 2. The first kappa shape index (κ1) is 25.9. The number of carbonyl (C=O) groups excluding carboxylic acids is 3. The van der Waals surface area contributed by atoms with Crippen LogP contribution >= 0.6 is 0 Å². The van der Waals surface area contributed by atoms with E-state index in [2.05, 4.69) is 24.6 Å². The monoisotopic (exact) mass is 470 g/mol. The zero-order chi connectivity index (χ0) is 24.7. The number of Topliss-reactive ketones (excluding diaryl/α,β-unsaturated/α-hetero) is 1. The molecule has 0 aliphatic carbocycles. The summed E-state index contributed by atoms with van der Waals surface area (Å²) in [6, 6.07) is 7.85. The molecular weight excluding hydrogens is 430 g/mol. The van der Waals surface area contributed by atoms with E-state index in [0.29, 0.717) is 25.0 Å². The van der Waals surface area contributed by atoms with Gasteiger partial charge in [-0.2, -0.15) is 0 Å². The number of quaternary nitrogens is 1. The van der Waals surface area contributed by atoms with Crippen molar-refractivity contribution < 1.29 is 23.3 Å². The summed E-state index contributed by atoms with van der Waals surface area (Å²) in [6.45, 7) is 8.56.